The largest absolute Gasteiger partial charge is 0.382 e. The van der Waals surface area contributed by atoms with Gasteiger partial charge in [-0.05, 0) is 0 Å². The third-order valence-electron chi connectivity index (χ3n) is 1.41. The normalized spacial score (nSPS) is 10.4. The van der Waals surface area contributed by atoms with Gasteiger partial charge in [0.2, 0.25) is 0 Å². The van der Waals surface area contributed by atoms with Crippen molar-refractivity contribution in [2.24, 2.45) is 0 Å². The molecule has 2 nitrogen and oxygen atoms in total. The van der Waals surface area contributed by atoms with Gasteiger partial charge in [0.1, 0.15) is 0 Å². The SMILES string of the molecule is C=CCSCCSCCOCCOC. The predicted molar refractivity (Wildman–Crippen MR) is 67.5 cm³/mol. The number of thioether (sulfide) groups is 2. The lowest BCUT2D eigenvalue weighted by Crippen LogP contribution is -2.04. The zero-order valence-electron chi connectivity index (χ0n) is 8.87. The molecule has 0 aromatic carbocycles. The molecule has 4 heteroatoms. The number of methoxy groups -OCH3 is 1. The van der Waals surface area contributed by atoms with Crippen LogP contribution in [0, 0.1) is 0 Å². The van der Waals surface area contributed by atoms with Crippen molar-refractivity contribution in [3.8, 4) is 0 Å². The molecule has 0 heterocycles. The Labute approximate surface area is 95.8 Å². The molecule has 0 N–H and O–H groups in total. The summed E-state index contributed by atoms with van der Waals surface area (Å²) in [6.07, 6.45) is 1.95. The van der Waals surface area contributed by atoms with Crippen LogP contribution in [0.5, 0.6) is 0 Å². The topological polar surface area (TPSA) is 18.5 Å². The summed E-state index contributed by atoms with van der Waals surface area (Å²) in [5.74, 6) is 4.55. The van der Waals surface area contributed by atoms with E-state index in [4.69, 9.17) is 9.47 Å². The van der Waals surface area contributed by atoms with Gasteiger partial charge in [-0.3, -0.25) is 0 Å². The van der Waals surface area contributed by atoms with Gasteiger partial charge >= 0.3 is 0 Å². The van der Waals surface area contributed by atoms with Crippen molar-refractivity contribution in [3.63, 3.8) is 0 Å². The molecule has 0 bridgehead atoms. The van der Waals surface area contributed by atoms with Crippen molar-refractivity contribution < 1.29 is 9.47 Å². The summed E-state index contributed by atoms with van der Waals surface area (Å²) < 4.78 is 10.2. The van der Waals surface area contributed by atoms with E-state index in [2.05, 4.69) is 6.58 Å². The van der Waals surface area contributed by atoms with Crippen LogP contribution in [0.3, 0.4) is 0 Å². The van der Waals surface area contributed by atoms with E-state index in [9.17, 15) is 0 Å². The Bertz CT molecular complexity index is 121. The van der Waals surface area contributed by atoms with Crippen molar-refractivity contribution in [1.82, 2.24) is 0 Å². The quantitative estimate of drug-likeness (QED) is 0.404. The fourth-order valence-electron chi connectivity index (χ4n) is 0.749. The highest BCUT2D eigenvalue weighted by Gasteiger charge is 1.91. The molecular formula is C10H20O2S2. The molecule has 0 aliphatic rings. The Morgan fingerprint density at radius 2 is 1.86 bits per heavy atom. The first-order chi connectivity index (χ1) is 6.91. The number of hydrogen-bond donors (Lipinski definition) is 0. The standard InChI is InChI=1S/C10H20O2S2/c1-3-7-13-9-10-14-8-6-12-5-4-11-2/h3H,1,4-10H2,2H3. The first-order valence-corrected chi connectivity index (χ1v) is 7.05. The Kier molecular flexibility index (Phi) is 13.7. The average molecular weight is 236 g/mol. The van der Waals surface area contributed by atoms with Gasteiger partial charge in [-0.2, -0.15) is 23.5 Å². The minimum atomic E-state index is 0.694. The molecule has 0 amide bonds. The first kappa shape index (κ1) is 14.4. The van der Waals surface area contributed by atoms with E-state index in [1.165, 1.54) is 11.5 Å². The molecule has 84 valence electrons. The minimum absolute atomic E-state index is 0.694. The van der Waals surface area contributed by atoms with Crippen molar-refractivity contribution in [3.05, 3.63) is 12.7 Å². The third kappa shape index (κ3) is 12.4. The molecule has 0 aromatic rings. The minimum Gasteiger partial charge on any atom is -0.382 e. The summed E-state index contributed by atoms with van der Waals surface area (Å²) >= 11 is 3.87. The van der Waals surface area contributed by atoms with Crippen molar-refractivity contribution in [1.29, 1.82) is 0 Å². The van der Waals surface area contributed by atoms with Gasteiger partial charge < -0.3 is 9.47 Å². The number of ether oxygens (including phenoxy) is 2. The molecule has 0 saturated carbocycles. The lowest BCUT2D eigenvalue weighted by atomic mass is 10.7. The van der Waals surface area contributed by atoms with Crippen LogP contribution in [0.25, 0.3) is 0 Å². The van der Waals surface area contributed by atoms with Crippen LogP contribution in [-0.4, -0.2) is 49.9 Å². The second kappa shape index (κ2) is 13.4. The van der Waals surface area contributed by atoms with E-state index in [1.54, 1.807) is 7.11 Å². The van der Waals surface area contributed by atoms with Crippen LogP contribution in [0.2, 0.25) is 0 Å². The highest BCUT2D eigenvalue weighted by molar-refractivity contribution is 8.03. The smallest absolute Gasteiger partial charge is 0.0700 e. The van der Waals surface area contributed by atoms with Gasteiger partial charge in [-0.25, -0.2) is 0 Å². The summed E-state index contributed by atoms with van der Waals surface area (Å²) in [5.41, 5.74) is 0. The van der Waals surface area contributed by atoms with Crippen LogP contribution in [0.15, 0.2) is 12.7 Å². The first-order valence-electron chi connectivity index (χ1n) is 4.75. The Hall–Kier alpha value is 0.360. The van der Waals surface area contributed by atoms with E-state index >= 15 is 0 Å². The van der Waals surface area contributed by atoms with Crippen LogP contribution < -0.4 is 0 Å². The fraction of sp³-hybridized carbons (Fsp3) is 0.800. The zero-order valence-corrected chi connectivity index (χ0v) is 10.5. The summed E-state index contributed by atoms with van der Waals surface area (Å²) in [6, 6.07) is 0. The monoisotopic (exact) mass is 236 g/mol. The van der Waals surface area contributed by atoms with Crippen LogP contribution >= 0.6 is 23.5 Å². The molecule has 0 aliphatic heterocycles. The van der Waals surface area contributed by atoms with E-state index in [0.29, 0.717) is 13.2 Å². The van der Waals surface area contributed by atoms with Crippen LogP contribution in [0.4, 0.5) is 0 Å². The average Bonchev–Trinajstić information content (AvgIpc) is 2.21. The molecule has 0 spiro atoms. The maximum absolute atomic E-state index is 5.33. The molecule has 0 aliphatic carbocycles. The van der Waals surface area contributed by atoms with Gasteiger partial charge in [0.15, 0.2) is 0 Å². The number of rotatable bonds is 11. The zero-order chi connectivity index (χ0) is 10.5. The Balaban J connectivity index is 2.81. The van der Waals surface area contributed by atoms with Crippen molar-refractivity contribution >= 4 is 23.5 Å². The lowest BCUT2D eigenvalue weighted by Gasteiger charge is -2.03. The highest BCUT2D eigenvalue weighted by Crippen LogP contribution is 2.06. The summed E-state index contributed by atoms with van der Waals surface area (Å²) in [5, 5.41) is 0. The summed E-state index contributed by atoms with van der Waals surface area (Å²) in [6.45, 7) is 5.92. The van der Waals surface area contributed by atoms with Gasteiger partial charge in [-0.15, -0.1) is 6.58 Å². The summed E-state index contributed by atoms with van der Waals surface area (Å²) in [7, 11) is 1.69. The molecule has 0 saturated heterocycles. The van der Waals surface area contributed by atoms with Gasteiger partial charge in [0.25, 0.3) is 0 Å². The molecule has 0 atom stereocenters. The van der Waals surface area contributed by atoms with Crippen molar-refractivity contribution in [2.45, 2.75) is 0 Å². The molecule has 0 rings (SSSR count). The van der Waals surface area contributed by atoms with Gasteiger partial charge in [-0.1, -0.05) is 6.08 Å². The maximum Gasteiger partial charge on any atom is 0.0700 e. The molecule has 0 aromatic heterocycles. The van der Waals surface area contributed by atoms with E-state index < -0.39 is 0 Å². The van der Waals surface area contributed by atoms with Crippen LogP contribution in [-0.2, 0) is 9.47 Å². The molecule has 0 radical (unpaired) electrons. The third-order valence-corrected chi connectivity index (χ3v) is 3.58. The second-order valence-corrected chi connectivity index (χ2v) is 4.96. The summed E-state index contributed by atoms with van der Waals surface area (Å²) in [4.78, 5) is 0. The second-order valence-electron chi connectivity index (χ2n) is 2.58. The van der Waals surface area contributed by atoms with E-state index in [0.717, 1.165) is 18.1 Å². The van der Waals surface area contributed by atoms with Gasteiger partial charge in [0, 0.05) is 30.1 Å². The molecule has 0 fully saturated rings. The Morgan fingerprint density at radius 1 is 1.07 bits per heavy atom. The molecular weight excluding hydrogens is 216 g/mol. The fourth-order valence-corrected chi connectivity index (χ4v) is 2.46. The molecule has 14 heavy (non-hydrogen) atoms. The highest BCUT2D eigenvalue weighted by atomic mass is 32.2. The van der Waals surface area contributed by atoms with Crippen molar-refractivity contribution in [2.75, 3.05) is 49.9 Å². The Morgan fingerprint density at radius 3 is 2.57 bits per heavy atom. The van der Waals surface area contributed by atoms with Crippen LogP contribution in [0.1, 0.15) is 0 Å². The molecule has 0 unspecified atom stereocenters. The van der Waals surface area contributed by atoms with E-state index in [1.807, 2.05) is 29.6 Å². The lowest BCUT2D eigenvalue weighted by molar-refractivity contribution is 0.0790. The van der Waals surface area contributed by atoms with E-state index in [-0.39, 0.29) is 0 Å². The van der Waals surface area contributed by atoms with Gasteiger partial charge in [0.05, 0.1) is 19.8 Å². The maximum atomic E-state index is 5.33. The predicted octanol–water partition coefficient (Wildman–Crippen LogP) is 2.30. The number of hydrogen-bond acceptors (Lipinski definition) is 4.